The molecule has 0 spiro atoms. The minimum Gasteiger partial charge on any atom is -0.379 e. The van der Waals surface area contributed by atoms with Gasteiger partial charge in [0.25, 0.3) is 0 Å². The van der Waals surface area contributed by atoms with Gasteiger partial charge in [-0.15, -0.1) is 0 Å². The summed E-state index contributed by atoms with van der Waals surface area (Å²) in [7, 11) is 3.70. The Morgan fingerprint density at radius 1 is 1.50 bits per heavy atom. The van der Waals surface area contributed by atoms with Gasteiger partial charge in [-0.3, -0.25) is 4.68 Å². The first-order valence-corrected chi connectivity index (χ1v) is 5.84. The van der Waals surface area contributed by atoms with E-state index < -0.39 is 0 Å². The van der Waals surface area contributed by atoms with E-state index in [4.69, 9.17) is 4.74 Å². The van der Waals surface area contributed by atoms with Gasteiger partial charge in [0, 0.05) is 25.9 Å². The first kappa shape index (κ1) is 13.2. The molecule has 0 aliphatic carbocycles. The van der Waals surface area contributed by atoms with Crippen LogP contribution in [0.3, 0.4) is 0 Å². The molecule has 0 bridgehead atoms. The molecule has 0 aromatic carbocycles. The molecule has 16 heavy (non-hydrogen) atoms. The lowest BCUT2D eigenvalue weighted by atomic mass is 9.95. The van der Waals surface area contributed by atoms with Gasteiger partial charge >= 0.3 is 0 Å². The van der Waals surface area contributed by atoms with E-state index in [1.54, 1.807) is 7.11 Å². The number of hydrogen-bond acceptors (Lipinski definition) is 3. The third kappa shape index (κ3) is 3.06. The Labute approximate surface area is 98.0 Å². The Morgan fingerprint density at radius 2 is 2.19 bits per heavy atom. The number of aromatic nitrogens is 2. The highest BCUT2D eigenvalue weighted by atomic mass is 16.5. The Bertz CT molecular complexity index is 309. The van der Waals surface area contributed by atoms with E-state index >= 15 is 0 Å². The van der Waals surface area contributed by atoms with Gasteiger partial charge in [0.1, 0.15) is 0 Å². The average Bonchev–Trinajstić information content (AvgIpc) is 2.64. The number of hydrogen-bond donors (Lipinski definition) is 1. The fourth-order valence-electron chi connectivity index (χ4n) is 2.04. The first-order chi connectivity index (χ1) is 7.60. The summed E-state index contributed by atoms with van der Waals surface area (Å²) in [4.78, 5) is 0. The second kappa shape index (κ2) is 6.01. The van der Waals surface area contributed by atoms with E-state index in [1.165, 1.54) is 5.56 Å². The van der Waals surface area contributed by atoms with Crippen molar-refractivity contribution in [3.05, 3.63) is 18.0 Å². The van der Waals surface area contributed by atoms with Crippen LogP contribution in [0.25, 0.3) is 0 Å². The van der Waals surface area contributed by atoms with E-state index in [0.717, 1.165) is 6.54 Å². The summed E-state index contributed by atoms with van der Waals surface area (Å²) in [6.07, 6.45) is 4.12. The lowest BCUT2D eigenvalue weighted by molar-refractivity contribution is 0.0331. The highest BCUT2D eigenvalue weighted by Crippen LogP contribution is 2.23. The van der Waals surface area contributed by atoms with Crippen molar-refractivity contribution in [3.63, 3.8) is 0 Å². The van der Waals surface area contributed by atoms with E-state index in [2.05, 4.69) is 31.2 Å². The molecular weight excluding hydrogens is 202 g/mol. The average molecular weight is 225 g/mol. The van der Waals surface area contributed by atoms with Crippen molar-refractivity contribution in [3.8, 4) is 0 Å². The minimum absolute atomic E-state index is 0.171. The number of likely N-dealkylation sites (N-methyl/N-ethyl adjacent to an activating group) is 1. The summed E-state index contributed by atoms with van der Waals surface area (Å²) in [5.41, 5.74) is 1.19. The van der Waals surface area contributed by atoms with Gasteiger partial charge in [0.05, 0.1) is 18.3 Å². The fourth-order valence-corrected chi connectivity index (χ4v) is 2.04. The summed E-state index contributed by atoms with van der Waals surface area (Å²) in [5, 5.41) is 7.68. The molecule has 0 amide bonds. The standard InChI is InChI=1S/C12H23N3O/c1-6-13-11(12(16-5)9(2)3)10-7-14-15(4)8-10/h7-9,11-13H,6H2,1-5H3. The van der Waals surface area contributed by atoms with Crippen LogP contribution in [-0.2, 0) is 11.8 Å². The maximum absolute atomic E-state index is 5.59. The summed E-state index contributed by atoms with van der Waals surface area (Å²) in [6, 6.07) is 0.212. The van der Waals surface area contributed by atoms with Crippen LogP contribution in [0.4, 0.5) is 0 Å². The zero-order chi connectivity index (χ0) is 12.1. The van der Waals surface area contributed by atoms with Crippen molar-refractivity contribution < 1.29 is 4.74 Å². The first-order valence-electron chi connectivity index (χ1n) is 5.84. The number of aryl methyl sites for hydroxylation is 1. The van der Waals surface area contributed by atoms with Crippen molar-refractivity contribution in [1.29, 1.82) is 0 Å². The third-order valence-corrected chi connectivity index (χ3v) is 2.77. The quantitative estimate of drug-likeness (QED) is 0.801. The van der Waals surface area contributed by atoms with Gasteiger partial charge in [-0.1, -0.05) is 20.8 Å². The van der Waals surface area contributed by atoms with Gasteiger partial charge in [-0.05, 0) is 12.5 Å². The summed E-state index contributed by atoms with van der Waals surface area (Å²) in [6.45, 7) is 7.38. The molecular formula is C12H23N3O. The lowest BCUT2D eigenvalue weighted by Gasteiger charge is -2.29. The molecule has 2 atom stereocenters. The molecule has 4 heteroatoms. The van der Waals surface area contributed by atoms with Crippen molar-refractivity contribution in [2.24, 2.45) is 13.0 Å². The Balaban J connectivity index is 2.88. The van der Waals surface area contributed by atoms with E-state index in [0.29, 0.717) is 5.92 Å². The summed E-state index contributed by atoms with van der Waals surface area (Å²) >= 11 is 0. The van der Waals surface area contributed by atoms with Crippen LogP contribution in [0, 0.1) is 5.92 Å². The van der Waals surface area contributed by atoms with Gasteiger partial charge < -0.3 is 10.1 Å². The maximum Gasteiger partial charge on any atom is 0.0789 e. The molecule has 1 N–H and O–H groups in total. The summed E-state index contributed by atoms with van der Waals surface area (Å²) in [5.74, 6) is 0.467. The molecule has 0 aliphatic rings. The fraction of sp³-hybridized carbons (Fsp3) is 0.750. The molecule has 0 radical (unpaired) electrons. The van der Waals surface area contributed by atoms with E-state index in [1.807, 2.05) is 24.1 Å². The molecule has 92 valence electrons. The van der Waals surface area contributed by atoms with Crippen molar-refractivity contribution >= 4 is 0 Å². The Kier molecular flexibility index (Phi) is 4.96. The van der Waals surface area contributed by atoms with Gasteiger partial charge in [0.15, 0.2) is 0 Å². The van der Waals surface area contributed by atoms with Crippen molar-refractivity contribution in [1.82, 2.24) is 15.1 Å². The van der Waals surface area contributed by atoms with Crippen LogP contribution >= 0.6 is 0 Å². The zero-order valence-corrected chi connectivity index (χ0v) is 10.9. The van der Waals surface area contributed by atoms with Crippen molar-refractivity contribution in [2.75, 3.05) is 13.7 Å². The SMILES string of the molecule is CCNC(c1cnn(C)c1)C(OC)C(C)C. The number of ether oxygens (including phenoxy) is 1. The number of methoxy groups -OCH3 is 1. The topological polar surface area (TPSA) is 39.1 Å². The highest BCUT2D eigenvalue weighted by molar-refractivity contribution is 5.12. The van der Waals surface area contributed by atoms with E-state index in [-0.39, 0.29) is 12.1 Å². The second-order valence-corrected chi connectivity index (χ2v) is 4.43. The number of nitrogens with zero attached hydrogens (tertiary/aromatic N) is 2. The number of nitrogens with one attached hydrogen (secondary N) is 1. The lowest BCUT2D eigenvalue weighted by Crippen LogP contribution is -2.36. The Morgan fingerprint density at radius 3 is 2.56 bits per heavy atom. The minimum atomic E-state index is 0.171. The predicted molar refractivity (Wildman–Crippen MR) is 65.3 cm³/mol. The summed E-state index contributed by atoms with van der Waals surface area (Å²) < 4.78 is 7.42. The van der Waals surface area contributed by atoms with Gasteiger partial charge in [-0.2, -0.15) is 5.10 Å². The molecule has 0 fully saturated rings. The zero-order valence-electron chi connectivity index (χ0n) is 10.9. The van der Waals surface area contributed by atoms with Crippen LogP contribution in [0.15, 0.2) is 12.4 Å². The number of rotatable bonds is 6. The molecule has 1 rings (SSSR count). The van der Waals surface area contributed by atoms with Crippen LogP contribution in [0.2, 0.25) is 0 Å². The highest BCUT2D eigenvalue weighted by Gasteiger charge is 2.25. The van der Waals surface area contributed by atoms with Gasteiger partial charge in [-0.25, -0.2) is 0 Å². The molecule has 1 aromatic heterocycles. The molecule has 0 saturated carbocycles. The molecule has 4 nitrogen and oxygen atoms in total. The largest absolute Gasteiger partial charge is 0.379 e. The third-order valence-electron chi connectivity index (χ3n) is 2.77. The molecule has 0 saturated heterocycles. The molecule has 1 aromatic rings. The smallest absolute Gasteiger partial charge is 0.0789 e. The maximum atomic E-state index is 5.59. The molecule has 2 unspecified atom stereocenters. The van der Waals surface area contributed by atoms with Crippen molar-refractivity contribution in [2.45, 2.75) is 32.9 Å². The molecule has 1 heterocycles. The monoisotopic (exact) mass is 225 g/mol. The Hall–Kier alpha value is -0.870. The van der Waals surface area contributed by atoms with Crippen LogP contribution in [0.5, 0.6) is 0 Å². The van der Waals surface area contributed by atoms with Gasteiger partial charge in [0.2, 0.25) is 0 Å². The predicted octanol–water partition coefficient (Wildman–Crippen LogP) is 1.74. The second-order valence-electron chi connectivity index (χ2n) is 4.43. The van der Waals surface area contributed by atoms with E-state index in [9.17, 15) is 0 Å². The van der Waals surface area contributed by atoms with Crippen LogP contribution < -0.4 is 5.32 Å². The van der Waals surface area contributed by atoms with Crippen LogP contribution in [-0.4, -0.2) is 29.5 Å². The van der Waals surface area contributed by atoms with Crippen LogP contribution in [0.1, 0.15) is 32.4 Å². The normalized spacial score (nSPS) is 15.4. The molecule has 0 aliphatic heterocycles.